The van der Waals surface area contributed by atoms with Gasteiger partial charge in [0.15, 0.2) is 11.5 Å². The van der Waals surface area contributed by atoms with Crippen molar-refractivity contribution in [3.63, 3.8) is 0 Å². The SMILES string of the molecule is Cc1c(C)c(C)c(S(=O)(=O)N2CCN(C(=O)c3cc(CN4CCC(n5cc(Cn6c7ccccc7c7ccccc76)nn5)CC4)on3)CC2)c(C)c1C. The standard InChI is InChI=1S/C40H46N8O4S/c1-26-27(2)29(4)39(30(5)28(26)3)53(50,51)46-20-18-45(19-21-46)40(49)36-22-33(52-42-36)25-44-16-14-32(15-17-44)48-24-31(41-43-48)23-47-37-12-8-6-10-34(37)35-11-7-9-13-38(35)47/h6-13,22,24,32H,14-21,23,25H2,1-5H3. The van der Waals surface area contributed by atoms with Gasteiger partial charge in [0.05, 0.1) is 30.2 Å². The van der Waals surface area contributed by atoms with E-state index < -0.39 is 10.0 Å². The Morgan fingerprint density at radius 1 is 0.774 bits per heavy atom. The number of rotatable bonds is 8. The van der Waals surface area contributed by atoms with Crippen LogP contribution >= 0.6 is 0 Å². The van der Waals surface area contributed by atoms with E-state index in [1.807, 2.05) is 39.3 Å². The molecule has 0 saturated carbocycles. The van der Waals surface area contributed by atoms with E-state index in [1.165, 1.54) is 26.1 Å². The van der Waals surface area contributed by atoms with E-state index in [2.05, 4.69) is 79.7 Å². The monoisotopic (exact) mass is 734 g/mol. The van der Waals surface area contributed by atoms with Gasteiger partial charge in [-0.15, -0.1) is 5.10 Å². The molecule has 3 aromatic carbocycles. The number of aromatic nitrogens is 5. The molecule has 3 aromatic heterocycles. The molecule has 0 unspecified atom stereocenters. The van der Waals surface area contributed by atoms with Crippen LogP contribution in [0.1, 0.15) is 68.6 Å². The maximum Gasteiger partial charge on any atom is 0.276 e. The molecule has 2 aliphatic rings. The Morgan fingerprint density at radius 2 is 1.36 bits per heavy atom. The summed E-state index contributed by atoms with van der Waals surface area (Å²) in [6, 6.07) is 19.0. The number of fused-ring (bicyclic) bond motifs is 3. The summed E-state index contributed by atoms with van der Waals surface area (Å²) in [6.07, 6.45) is 3.93. The lowest BCUT2D eigenvalue weighted by molar-refractivity contribution is 0.0687. The summed E-state index contributed by atoms with van der Waals surface area (Å²) in [6.45, 7) is 13.7. The Morgan fingerprint density at radius 3 is 1.98 bits per heavy atom. The van der Waals surface area contributed by atoms with E-state index in [4.69, 9.17) is 4.52 Å². The molecule has 8 rings (SSSR count). The van der Waals surface area contributed by atoms with Crippen LogP contribution in [0.15, 0.2) is 70.2 Å². The smallest absolute Gasteiger partial charge is 0.276 e. The van der Waals surface area contributed by atoms with E-state index in [0.29, 0.717) is 23.7 Å². The molecule has 0 N–H and O–H groups in total. The summed E-state index contributed by atoms with van der Waals surface area (Å²) in [5.41, 5.74) is 8.28. The van der Waals surface area contributed by atoms with Crippen LogP contribution in [0.4, 0.5) is 0 Å². The number of piperidine rings is 1. The second-order valence-electron chi connectivity index (χ2n) is 14.6. The highest BCUT2D eigenvalue weighted by atomic mass is 32.2. The molecule has 0 bridgehead atoms. The first-order chi connectivity index (χ1) is 25.5. The first-order valence-corrected chi connectivity index (χ1v) is 19.9. The van der Waals surface area contributed by atoms with Crippen LogP contribution in [0.2, 0.25) is 0 Å². The number of carbonyl (C=O) groups excluding carboxylic acids is 1. The number of piperazine rings is 1. The summed E-state index contributed by atoms with van der Waals surface area (Å²) in [7, 11) is -3.71. The number of likely N-dealkylation sites (tertiary alicyclic amines) is 1. The van der Waals surface area contributed by atoms with Crippen molar-refractivity contribution in [3.8, 4) is 0 Å². The van der Waals surface area contributed by atoms with Crippen molar-refractivity contribution in [1.82, 2.24) is 38.8 Å². The molecule has 5 heterocycles. The molecule has 276 valence electrons. The molecular formula is C40H46N8O4S. The number of hydrogen-bond acceptors (Lipinski definition) is 8. The van der Waals surface area contributed by atoms with Gasteiger partial charge in [-0.2, -0.15) is 4.31 Å². The predicted molar refractivity (Wildman–Crippen MR) is 203 cm³/mol. The highest BCUT2D eigenvalue weighted by Gasteiger charge is 2.34. The maximum absolute atomic E-state index is 13.8. The van der Waals surface area contributed by atoms with Gasteiger partial charge in [-0.1, -0.05) is 46.8 Å². The van der Waals surface area contributed by atoms with E-state index in [9.17, 15) is 13.2 Å². The number of carbonyl (C=O) groups is 1. The Hall–Kier alpha value is -4.85. The second-order valence-corrected chi connectivity index (χ2v) is 16.5. The van der Waals surface area contributed by atoms with Gasteiger partial charge in [0.1, 0.15) is 5.69 Å². The van der Waals surface area contributed by atoms with Crippen molar-refractivity contribution in [2.24, 2.45) is 0 Å². The lowest BCUT2D eigenvalue weighted by Crippen LogP contribution is -2.50. The average Bonchev–Trinajstić information content (AvgIpc) is 3.92. The van der Waals surface area contributed by atoms with Crippen molar-refractivity contribution in [2.45, 2.75) is 71.5 Å². The number of benzene rings is 3. The summed E-state index contributed by atoms with van der Waals surface area (Å²) >= 11 is 0. The van der Waals surface area contributed by atoms with Gasteiger partial charge >= 0.3 is 0 Å². The molecule has 53 heavy (non-hydrogen) atoms. The molecule has 0 spiro atoms. The zero-order valence-corrected chi connectivity index (χ0v) is 31.9. The molecule has 0 radical (unpaired) electrons. The Balaban J connectivity index is 0.849. The third kappa shape index (κ3) is 6.34. The topological polar surface area (TPSA) is 123 Å². The normalized spacial score (nSPS) is 16.7. The molecule has 0 aliphatic carbocycles. The average molecular weight is 735 g/mol. The Kier molecular flexibility index (Phi) is 9.20. The zero-order chi connectivity index (χ0) is 37.0. The molecule has 1 amide bonds. The van der Waals surface area contributed by atoms with Gasteiger partial charge in [-0.05, 0) is 87.4 Å². The summed E-state index contributed by atoms with van der Waals surface area (Å²) in [5.74, 6) is 0.395. The lowest BCUT2D eigenvalue weighted by atomic mass is 9.95. The molecule has 13 heteroatoms. The second kappa shape index (κ2) is 13.9. The van der Waals surface area contributed by atoms with Gasteiger partial charge in [0, 0.05) is 67.1 Å². The van der Waals surface area contributed by atoms with Crippen molar-refractivity contribution in [1.29, 1.82) is 0 Å². The Labute approximate surface area is 310 Å². The number of hydrogen-bond donors (Lipinski definition) is 0. The van der Waals surface area contributed by atoms with Gasteiger partial charge in [-0.25, -0.2) is 13.1 Å². The zero-order valence-electron chi connectivity index (χ0n) is 31.0. The van der Waals surface area contributed by atoms with Crippen LogP contribution < -0.4 is 0 Å². The van der Waals surface area contributed by atoms with Crippen LogP contribution in [0, 0.1) is 34.6 Å². The molecule has 2 saturated heterocycles. The van der Waals surface area contributed by atoms with Gasteiger partial charge in [0.2, 0.25) is 10.0 Å². The number of sulfonamides is 1. The first kappa shape index (κ1) is 35.2. The molecule has 12 nitrogen and oxygen atoms in total. The van der Waals surface area contributed by atoms with E-state index in [-0.39, 0.29) is 43.8 Å². The predicted octanol–water partition coefficient (Wildman–Crippen LogP) is 5.95. The molecule has 2 fully saturated rings. The van der Waals surface area contributed by atoms with Crippen molar-refractivity contribution < 1.29 is 17.7 Å². The summed E-state index contributed by atoms with van der Waals surface area (Å²) in [5, 5.41) is 15.7. The van der Waals surface area contributed by atoms with E-state index in [0.717, 1.165) is 59.4 Å². The molecule has 0 atom stereocenters. The van der Waals surface area contributed by atoms with Gasteiger partial charge in [-0.3, -0.25) is 9.69 Å². The molecule has 2 aliphatic heterocycles. The number of amides is 1. The fourth-order valence-corrected chi connectivity index (χ4v) is 10.2. The number of para-hydroxylation sites is 2. The van der Waals surface area contributed by atoms with Crippen LogP contribution in [-0.2, 0) is 23.1 Å². The minimum absolute atomic E-state index is 0.228. The van der Waals surface area contributed by atoms with E-state index >= 15 is 0 Å². The quantitative estimate of drug-likeness (QED) is 0.188. The summed E-state index contributed by atoms with van der Waals surface area (Å²) in [4.78, 5) is 17.8. The maximum atomic E-state index is 13.8. The highest BCUT2D eigenvalue weighted by Crippen LogP contribution is 2.33. The van der Waals surface area contributed by atoms with Gasteiger partial charge < -0.3 is 14.0 Å². The number of nitrogens with zero attached hydrogens (tertiary/aromatic N) is 8. The van der Waals surface area contributed by atoms with Crippen LogP contribution in [0.3, 0.4) is 0 Å². The lowest BCUT2D eigenvalue weighted by Gasteiger charge is -2.34. The van der Waals surface area contributed by atoms with Crippen molar-refractivity contribution in [2.75, 3.05) is 39.3 Å². The van der Waals surface area contributed by atoms with E-state index in [1.54, 1.807) is 11.0 Å². The third-order valence-electron chi connectivity index (χ3n) is 11.7. The minimum Gasteiger partial charge on any atom is -0.359 e. The summed E-state index contributed by atoms with van der Waals surface area (Å²) < 4.78 is 39.1. The highest BCUT2D eigenvalue weighted by molar-refractivity contribution is 7.89. The fourth-order valence-electron chi connectivity index (χ4n) is 8.23. The largest absolute Gasteiger partial charge is 0.359 e. The first-order valence-electron chi connectivity index (χ1n) is 18.4. The molecular weight excluding hydrogens is 689 g/mol. The fraction of sp³-hybridized carbons (Fsp3) is 0.400. The molecule has 6 aromatic rings. The van der Waals surface area contributed by atoms with Crippen LogP contribution in [0.5, 0.6) is 0 Å². The van der Waals surface area contributed by atoms with Crippen LogP contribution in [0.25, 0.3) is 21.8 Å². The van der Waals surface area contributed by atoms with Crippen molar-refractivity contribution in [3.05, 3.63) is 106 Å². The van der Waals surface area contributed by atoms with Gasteiger partial charge in [0.25, 0.3) is 5.91 Å². The Bertz CT molecular complexity index is 2360. The van der Waals surface area contributed by atoms with Crippen LogP contribution in [-0.4, -0.2) is 92.4 Å². The minimum atomic E-state index is -3.71. The third-order valence-corrected chi connectivity index (χ3v) is 13.9. The van der Waals surface area contributed by atoms with Crippen molar-refractivity contribution >= 4 is 37.7 Å².